The third-order valence-electron chi connectivity index (χ3n) is 2.00. The first-order chi connectivity index (χ1) is 6.54. The molecule has 90 valence electrons. The zero-order chi connectivity index (χ0) is 11.9. The van der Waals surface area contributed by atoms with Gasteiger partial charge in [-0.1, -0.05) is 0 Å². The Morgan fingerprint density at radius 2 is 2.00 bits per heavy atom. The highest BCUT2D eigenvalue weighted by Gasteiger charge is 2.50. The van der Waals surface area contributed by atoms with E-state index in [1.54, 1.807) is 20.8 Å². The molecule has 0 spiro atoms. The predicted octanol–water partition coefficient (Wildman–Crippen LogP) is 2.89. The molecule has 1 fully saturated rings. The minimum atomic E-state index is -4.56. The van der Waals surface area contributed by atoms with Crippen LogP contribution >= 0.6 is 7.82 Å². The van der Waals surface area contributed by atoms with Gasteiger partial charge in [0.2, 0.25) is 0 Å². The van der Waals surface area contributed by atoms with Crippen LogP contribution in [0.2, 0.25) is 0 Å². The minimum absolute atomic E-state index is 0.587. The topological polar surface area (TPSA) is 44.8 Å². The fraction of sp³-hybridized carbons (Fsp3) is 1.00. The van der Waals surface area contributed by atoms with Gasteiger partial charge < -0.3 is 0 Å². The third kappa shape index (κ3) is 3.45. The van der Waals surface area contributed by atoms with E-state index in [9.17, 15) is 17.7 Å². The van der Waals surface area contributed by atoms with Gasteiger partial charge in [-0.25, -0.2) is 4.57 Å². The molecule has 0 N–H and O–H groups in total. The van der Waals surface area contributed by atoms with Crippen molar-refractivity contribution in [2.24, 2.45) is 0 Å². The van der Waals surface area contributed by atoms with Crippen molar-refractivity contribution < 1.29 is 31.3 Å². The summed E-state index contributed by atoms with van der Waals surface area (Å²) in [5.41, 5.74) is -0.916. The Hall–Kier alpha value is -0.100. The molecule has 0 aromatic heterocycles. The van der Waals surface area contributed by atoms with Crippen molar-refractivity contribution in [2.75, 3.05) is 6.61 Å². The summed E-state index contributed by atoms with van der Waals surface area (Å²) in [4.78, 5) is 0. The first-order valence-electron chi connectivity index (χ1n) is 4.25. The lowest BCUT2D eigenvalue weighted by molar-refractivity contribution is -0.157. The highest BCUT2D eigenvalue weighted by atomic mass is 31.2. The molecule has 0 aromatic carbocycles. The Bertz CT molecular complexity index is 288. The molecular formula is C7H12F3O4P. The molecule has 1 aliphatic heterocycles. The van der Waals surface area contributed by atoms with Crippen LogP contribution in [0.3, 0.4) is 0 Å². The van der Waals surface area contributed by atoms with E-state index in [0.29, 0.717) is 0 Å². The second-order valence-corrected chi connectivity index (χ2v) is 5.32. The van der Waals surface area contributed by atoms with Crippen LogP contribution in [0.5, 0.6) is 0 Å². The van der Waals surface area contributed by atoms with Gasteiger partial charge in [0.15, 0.2) is 6.61 Å². The molecule has 1 heterocycles. The molecule has 0 saturated carbocycles. The molecule has 0 aliphatic carbocycles. The maximum absolute atomic E-state index is 11.8. The van der Waals surface area contributed by atoms with Gasteiger partial charge in [0, 0.05) is 0 Å². The highest BCUT2D eigenvalue weighted by molar-refractivity contribution is 7.48. The molecule has 4 nitrogen and oxygen atoms in total. The van der Waals surface area contributed by atoms with E-state index >= 15 is 0 Å². The van der Waals surface area contributed by atoms with Crippen molar-refractivity contribution in [1.29, 1.82) is 0 Å². The molecule has 0 aromatic rings. The van der Waals surface area contributed by atoms with Crippen molar-refractivity contribution in [2.45, 2.75) is 38.7 Å². The van der Waals surface area contributed by atoms with E-state index in [2.05, 4.69) is 4.52 Å². The van der Waals surface area contributed by atoms with E-state index in [-0.39, 0.29) is 0 Å². The van der Waals surface area contributed by atoms with Gasteiger partial charge in [0.25, 0.3) is 0 Å². The molecular weight excluding hydrogens is 236 g/mol. The second-order valence-electron chi connectivity index (χ2n) is 3.78. The van der Waals surface area contributed by atoms with Crippen LogP contribution < -0.4 is 0 Å². The van der Waals surface area contributed by atoms with Gasteiger partial charge in [-0.2, -0.15) is 13.2 Å². The molecule has 0 bridgehead atoms. The predicted molar refractivity (Wildman–Crippen MR) is 45.3 cm³/mol. The van der Waals surface area contributed by atoms with E-state index in [4.69, 9.17) is 9.05 Å². The van der Waals surface area contributed by atoms with Crippen molar-refractivity contribution in [1.82, 2.24) is 0 Å². The summed E-state index contributed by atoms with van der Waals surface area (Å²) in [5.74, 6) is 0. The summed E-state index contributed by atoms with van der Waals surface area (Å²) < 4.78 is 60.7. The third-order valence-corrected chi connectivity index (χ3v) is 3.71. The zero-order valence-corrected chi connectivity index (χ0v) is 9.39. The minimum Gasteiger partial charge on any atom is -0.281 e. The van der Waals surface area contributed by atoms with Crippen LogP contribution in [0, 0.1) is 0 Å². The normalized spacial score (nSPS) is 35.7. The lowest BCUT2D eigenvalue weighted by Crippen LogP contribution is -2.29. The van der Waals surface area contributed by atoms with Gasteiger partial charge >= 0.3 is 14.0 Å². The van der Waals surface area contributed by atoms with E-state index in [1.807, 2.05) is 0 Å². The van der Waals surface area contributed by atoms with Gasteiger partial charge in [0.05, 0.1) is 6.10 Å². The largest absolute Gasteiger partial charge is 0.476 e. The number of alkyl halides is 3. The van der Waals surface area contributed by atoms with Crippen LogP contribution in [0.15, 0.2) is 0 Å². The summed E-state index contributed by atoms with van der Waals surface area (Å²) >= 11 is 0. The van der Waals surface area contributed by atoms with E-state index in [0.717, 1.165) is 0 Å². The first-order valence-corrected chi connectivity index (χ1v) is 5.71. The Kier molecular flexibility index (Phi) is 3.23. The number of phosphoric acid groups is 1. The maximum atomic E-state index is 11.8. The van der Waals surface area contributed by atoms with Crippen molar-refractivity contribution >= 4 is 7.82 Å². The zero-order valence-electron chi connectivity index (χ0n) is 8.50. The fourth-order valence-corrected chi connectivity index (χ4v) is 2.74. The lowest BCUT2D eigenvalue weighted by atomic mass is 10.0. The quantitative estimate of drug-likeness (QED) is 0.705. The lowest BCUT2D eigenvalue weighted by Gasteiger charge is -2.18. The summed E-state index contributed by atoms with van der Waals surface area (Å²) in [6.07, 6.45) is -5.14. The van der Waals surface area contributed by atoms with Gasteiger partial charge in [0.1, 0.15) is 5.60 Å². The summed E-state index contributed by atoms with van der Waals surface area (Å²) in [7, 11) is -4.06. The molecule has 2 unspecified atom stereocenters. The van der Waals surface area contributed by atoms with Gasteiger partial charge in [-0.15, -0.1) is 0 Å². The number of hydrogen-bond acceptors (Lipinski definition) is 4. The van der Waals surface area contributed by atoms with Crippen LogP contribution in [0.25, 0.3) is 0 Å². The van der Waals surface area contributed by atoms with Crippen LogP contribution in [0.4, 0.5) is 13.2 Å². The average molecular weight is 248 g/mol. The smallest absolute Gasteiger partial charge is 0.281 e. The number of rotatable bonds is 2. The van der Waals surface area contributed by atoms with Crippen molar-refractivity contribution in [3.8, 4) is 0 Å². The van der Waals surface area contributed by atoms with Gasteiger partial charge in [-0.3, -0.25) is 13.6 Å². The Morgan fingerprint density at radius 1 is 1.47 bits per heavy atom. The standard InChI is InChI=1S/C7H12F3O4P/c1-5-6(2,3)14-15(11,13-5)12-4-7(8,9)10/h5H,4H2,1-3H3. The van der Waals surface area contributed by atoms with Crippen LogP contribution in [-0.2, 0) is 18.1 Å². The summed E-state index contributed by atoms with van der Waals surface area (Å²) in [6.45, 7) is 3.03. The van der Waals surface area contributed by atoms with Crippen molar-refractivity contribution in [3.05, 3.63) is 0 Å². The highest BCUT2D eigenvalue weighted by Crippen LogP contribution is 2.61. The Labute approximate surface area is 85.3 Å². The Morgan fingerprint density at radius 3 is 2.33 bits per heavy atom. The van der Waals surface area contributed by atoms with Crippen molar-refractivity contribution in [3.63, 3.8) is 0 Å². The molecule has 2 atom stereocenters. The second kappa shape index (κ2) is 3.73. The molecule has 8 heteroatoms. The molecule has 1 aliphatic rings. The number of halogens is 3. The molecule has 15 heavy (non-hydrogen) atoms. The molecule has 1 rings (SSSR count). The number of hydrogen-bond donors (Lipinski definition) is 0. The monoisotopic (exact) mass is 248 g/mol. The summed E-state index contributed by atoms with van der Waals surface area (Å²) in [6, 6.07) is 0. The van der Waals surface area contributed by atoms with E-state index < -0.39 is 32.3 Å². The Balaban J connectivity index is 2.61. The molecule has 0 amide bonds. The average Bonchev–Trinajstić information content (AvgIpc) is 2.17. The van der Waals surface area contributed by atoms with Crippen LogP contribution in [0.1, 0.15) is 20.8 Å². The SMILES string of the molecule is CC1OP(=O)(OCC(F)(F)F)OC1(C)C. The van der Waals surface area contributed by atoms with Gasteiger partial charge in [-0.05, 0) is 20.8 Å². The van der Waals surface area contributed by atoms with E-state index in [1.165, 1.54) is 0 Å². The first kappa shape index (κ1) is 13.0. The van der Waals surface area contributed by atoms with Crippen LogP contribution in [-0.4, -0.2) is 24.5 Å². The maximum Gasteiger partial charge on any atom is 0.476 e. The number of phosphoric ester groups is 1. The fourth-order valence-electron chi connectivity index (χ4n) is 0.914. The molecule has 1 saturated heterocycles. The molecule has 0 radical (unpaired) electrons. The summed E-state index contributed by atoms with van der Waals surface area (Å²) in [5, 5.41) is 0.